The smallest absolute Gasteiger partial charge is 0.231 e. The van der Waals surface area contributed by atoms with Gasteiger partial charge in [-0.2, -0.15) is 20.1 Å². The van der Waals surface area contributed by atoms with Gasteiger partial charge in [-0.05, 0) is 30.5 Å². The van der Waals surface area contributed by atoms with Crippen LogP contribution in [0.25, 0.3) is 0 Å². The fraction of sp³-hybridized carbons (Fsp3) is 0.500. The summed E-state index contributed by atoms with van der Waals surface area (Å²) < 4.78 is 1.84. The Morgan fingerprint density at radius 3 is 2.80 bits per heavy atom. The Bertz CT molecular complexity index is 551. The summed E-state index contributed by atoms with van der Waals surface area (Å²) in [5, 5.41) is 7.51. The first-order valence-electron chi connectivity index (χ1n) is 6.69. The van der Waals surface area contributed by atoms with Crippen LogP contribution in [0.4, 0.5) is 11.9 Å². The molecule has 0 aromatic carbocycles. The van der Waals surface area contributed by atoms with Gasteiger partial charge < -0.3 is 10.2 Å². The van der Waals surface area contributed by atoms with Crippen LogP contribution in [-0.2, 0) is 6.54 Å². The number of nitrogens with zero attached hydrogens (tertiary/aromatic N) is 6. The average Bonchev–Trinajstić information content (AvgIpc) is 3.11. The molecule has 7 nitrogen and oxygen atoms in total. The van der Waals surface area contributed by atoms with E-state index in [4.69, 9.17) is 11.6 Å². The Hall–Kier alpha value is -1.89. The van der Waals surface area contributed by atoms with Gasteiger partial charge in [-0.15, -0.1) is 0 Å². The highest BCUT2D eigenvalue weighted by atomic mass is 35.5. The molecule has 0 bridgehead atoms. The highest BCUT2D eigenvalue weighted by Crippen LogP contribution is 2.18. The second kappa shape index (κ2) is 6.04. The predicted molar refractivity (Wildman–Crippen MR) is 77.0 cm³/mol. The molecule has 20 heavy (non-hydrogen) atoms. The normalized spacial score (nSPS) is 14.8. The van der Waals surface area contributed by atoms with Gasteiger partial charge in [0.25, 0.3) is 0 Å². The zero-order valence-corrected chi connectivity index (χ0v) is 11.8. The van der Waals surface area contributed by atoms with E-state index in [9.17, 15) is 0 Å². The van der Waals surface area contributed by atoms with Crippen molar-refractivity contribution in [3.63, 3.8) is 0 Å². The van der Waals surface area contributed by atoms with E-state index in [1.165, 1.54) is 12.8 Å². The van der Waals surface area contributed by atoms with Gasteiger partial charge in [0.15, 0.2) is 0 Å². The molecular weight excluding hydrogens is 278 g/mol. The Balaban J connectivity index is 1.63. The average molecular weight is 294 g/mol. The largest absolute Gasteiger partial charge is 0.352 e. The van der Waals surface area contributed by atoms with Crippen LogP contribution >= 0.6 is 11.6 Å². The van der Waals surface area contributed by atoms with Crippen LogP contribution in [0.5, 0.6) is 0 Å². The van der Waals surface area contributed by atoms with Crippen molar-refractivity contribution in [3.8, 4) is 0 Å². The Morgan fingerprint density at radius 2 is 2.05 bits per heavy atom. The molecule has 0 unspecified atom stereocenters. The standard InChI is InChI=1S/C12H16ClN7/c13-10-16-11(14-5-9-20-8-3-4-15-20)18-12(17-10)19-6-1-2-7-19/h3-4,8H,1-2,5-7,9H2,(H,14,16,17,18). The van der Waals surface area contributed by atoms with E-state index in [-0.39, 0.29) is 5.28 Å². The fourth-order valence-electron chi connectivity index (χ4n) is 2.19. The first-order valence-corrected chi connectivity index (χ1v) is 7.07. The SMILES string of the molecule is Clc1nc(NCCn2cccn2)nc(N2CCCC2)n1. The van der Waals surface area contributed by atoms with E-state index in [0.717, 1.165) is 19.6 Å². The van der Waals surface area contributed by atoms with Crippen LogP contribution in [0.3, 0.4) is 0 Å². The molecule has 106 valence electrons. The molecule has 2 aromatic heterocycles. The lowest BCUT2D eigenvalue weighted by molar-refractivity contribution is 0.635. The number of hydrogen-bond acceptors (Lipinski definition) is 6. The summed E-state index contributed by atoms with van der Waals surface area (Å²) in [5.74, 6) is 1.17. The maximum absolute atomic E-state index is 5.96. The van der Waals surface area contributed by atoms with Gasteiger partial charge in [0.2, 0.25) is 17.2 Å². The zero-order valence-electron chi connectivity index (χ0n) is 11.0. The van der Waals surface area contributed by atoms with Crippen molar-refractivity contribution in [2.24, 2.45) is 0 Å². The van der Waals surface area contributed by atoms with E-state index < -0.39 is 0 Å². The van der Waals surface area contributed by atoms with Crippen molar-refractivity contribution in [2.75, 3.05) is 29.9 Å². The van der Waals surface area contributed by atoms with Crippen LogP contribution in [0.1, 0.15) is 12.8 Å². The zero-order chi connectivity index (χ0) is 13.8. The molecule has 2 aromatic rings. The van der Waals surface area contributed by atoms with E-state index in [1.807, 2.05) is 16.9 Å². The molecule has 0 saturated carbocycles. The van der Waals surface area contributed by atoms with Crippen molar-refractivity contribution in [2.45, 2.75) is 19.4 Å². The second-order valence-corrected chi connectivity index (χ2v) is 4.96. The quantitative estimate of drug-likeness (QED) is 0.899. The summed E-state index contributed by atoms with van der Waals surface area (Å²) in [6.07, 6.45) is 6.01. The van der Waals surface area contributed by atoms with Crippen LogP contribution < -0.4 is 10.2 Å². The number of hydrogen-bond donors (Lipinski definition) is 1. The lowest BCUT2D eigenvalue weighted by atomic mass is 10.4. The number of rotatable bonds is 5. The second-order valence-electron chi connectivity index (χ2n) is 4.62. The monoisotopic (exact) mass is 293 g/mol. The van der Waals surface area contributed by atoms with Crippen LogP contribution in [-0.4, -0.2) is 44.4 Å². The van der Waals surface area contributed by atoms with Gasteiger partial charge in [0.1, 0.15) is 0 Å². The summed E-state index contributed by atoms with van der Waals surface area (Å²) in [7, 11) is 0. The van der Waals surface area contributed by atoms with Gasteiger partial charge in [-0.25, -0.2) is 0 Å². The third kappa shape index (κ3) is 3.16. The maximum Gasteiger partial charge on any atom is 0.231 e. The Kier molecular flexibility index (Phi) is 3.96. The molecule has 1 fully saturated rings. The van der Waals surface area contributed by atoms with E-state index in [1.54, 1.807) is 6.20 Å². The molecule has 3 rings (SSSR count). The van der Waals surface area contributed by atoms with Crippen molar-refractivity contribution in [3.05, 3.63) is 23.7 Å². The van der Waals surface area contributed by atoms with Crippen molar-refractivity contribution in [1.29, 1.82) is 0 Å². The van der Waals surface area contributed by atoms with Crippen molar-refractivity contribution in [1.82, 2.24) is 24.7 Å². The minimum Gasteiger partial charge on any atom is -0.352 e. The molecule has 0 aliphatic carbocycles. The summed E-state index contributed by atoms with van der Waals surface area (Å²) >= 11 is 5.96. The Labute approximate surface area is 122 Å². The summed E-state index contributed by atoms with van der Waals surface area (Å²) in [6.45, 7) is 3.39. The highest BCUT2D eigenvalue weighted by molar-refractivity contribution is 6.28. The minimum atomic E-state index is 0.225. The lowest BCUT2D eigenvalue weighted by Crippen LogP contribution is -2.22. The molecule has 0 spiro atoms. The third-order valence-corrected chi connectivity index (χ3v) is 3.34. The molecule has 0 amide bonds. The van der Waals surface area contributed by atoms with Gasteiger partial charge in [-0.3, -0.25) is 4.68 Å². The molecule has 1 saturated heterocycles. The van der Waals surface area contributed by atoms with Crippen LogP contribution in [0.15, 0.2) is 18.5 Å². The topological polar surface area (TPSA) is 71.8 Å². The predicted octanol–water partition coefficient (Wildman–Crippen LogP) is 1.43. The van der Waals surface area contributed by atoms with Gasteiger partial charge in [0.05, 0.1) is 6.54 Å². The first-order chi connectivity index (χ1) is 9.81. The lowest BCUT2D eigenvalue weighted by Gasteiger charge is -2.15. The summed E-state index contributed by atoms with van der Waals surface area (Å²) in [6, 6.07) is 1.89. The molecule has 1 aliphatic rings. The fourth-order valence-corrected chi connectivity index (χ4v) is 2.35. The van der Waals surface area contributed by atoms with E-state index in [0.29, 0.717) is 18.4 Å². The number of anilines is 2. The maximum atomic E-state index is 5.96. The molecule has 3 heterocycles. The van der Waals surface area contributed by atoms with Crippen LogP contribution in [0.2, 0.25) is 5.28 Å². The van der Waals surface area contributed by atoms with E-state index >= 15 is 0 Å². The third-order valence-electron chi connectivity index (χ3n) is 3.17. The van der Waals surface area contributed by atoms with Gasteiger partial charge in [-0.1, -0.05) is 0 Å². The molecule has 1 N–H and O–H groups in total. The number of aromatic nitrogens is 5. The van der Waals surface area contributed by atoms with Gasteiger partial charge in [0, 0.05) is 32.0 Å². The van der Waals surface area contributed by atoms with Crippen molar-refractivity contribution >= 4 is 23.5 Å². The molecule has 0 atom stereocenters. The van der Waals surface area contributed by atoms with E-state index in [2.05, 4.69) is 30.3 Å². The molecule has 0 radical (unpaired) electrons. The first kappa shape index (κ1) is 13.1. The van der Waals surface area contributed by atoms with Crippen LogP contribution in [0, 0.1) is 0 Å². The van der Waals surface area contributed by atoms with Crippen molar-refractivity contribution < 1.29 is 0 Å². The Morgan fingerprint density at radius 1 is 1.20 bits per heavy atom. The molecule has 1 aliphatic heterocycles. The number of halogens is 1. The minimum absolute atomic E-state index is 0.225. The number of nitrogens with one attached hydrogen (secondary N) is 1. The summed E-state index contributed by atoms with van der Waals surface area (Å²) in [4.78, 5) is 14.8. The summed E-state index contributed by atoms with van der Waals surface area (Å²) in [5.41, 5.74) is 0. The van der Waals surface area contributed by atoms with Gasteiger partial charge >= 0.3 is 0 Å². The highest BCUT2D eigenvalue weighted by Gasteiger charge is 2.16. The molecular formula is C12H16ClN7. The molecule has 8 heteroatoms.